The van der Waals surface area contributed by atoms with Gasteiger partial charge in [0, 0.05) is 31.8 Å². The SMILES string of the molecule is CCN(CC)C(=O)N1CC=C(C(F)(F)F)CC1. The minimum Gasteiger partial charge on any atom is -0.325 e. The van der Waals surface area contributed by atoms with Crippen molar-refractivity contribution in [1.82, 2.24) is 9.80 Å². The van der Waals surface area contributed by atoms with Gasteiger partial charge in [-0.2, -0.15) is 13.2 Å². The Hall–Kier alpha value is -1.20. The van der Waals surface area contributed by atoms with Gasteiger partial charge in [-0.05, 0) is 20.3 Å². The second-order valence-electron chi connectivity index (χ2n) is 3.88. The lowest BCUT2D eigenvalue weighted by Gasteiger charge is -2.31. The van der Waals surface area contributed by atoms with Crippen LogP contribution in [0.4, 0.5) is 18.0 Å². The van der Waals surface area contributed by atoms with Crippen molar-refractivity contribution in [2.75, 3.05) is 26.2 Å². The van der Waals surface area contributed by atoms with Gasteiger partial charge in [0.1, 0.15) is 0 Å². The maximum atomic E-state index is 12.4. The molecule has 0 unspecified atom stereocenters. The van der Waals surface area contributed by atoms with Crippen LogP contribution in [0.25, 0.3) is 0 Å². The molecule has 0 radical (unpaired) electrons. The van der Waals surface area contributed by atoms with Gasteiger partial charge in [-0.15, -0.1) is 0 Å². The van der Waals surface area contributed by atoms with Gasteiger partial charge in [0.2, 0.25) is 0 Å². The molecule has 98 valence electrons. The van der Waals surface area contributed by atoms with E-state index in [-0.39, 0.29) is 25.5 Å². The molecule has 1 aliphatic rings. The normalized spacial score (nSPS) is 16.8. The number of hydrogen-bond acceptors (Lipinski definition) is 1. The number of halogens is 3. The lowest BCUT2D eigenvalue weighted by Crippen LogP contribution is -2.45. The smallest absolute Gasteiger partial charge is 0.325 e. The minimum absolute atomic E-state index is 0.0458. The van der Waals surface area contributed by atoms with E-state index in [0.717, 1.165) is 6.08 Å². The van der Waals surface area contributed by atoms with Gasteiger partial charge in [0.25, 0.3) is 0 Å². The number of rotatable bonds is 2. The zero-order valence-corrected chi connectivity index (χ0v) is 10.0. The molecular weight excluding hydrogens is 233 g/mol. The first-order chi connectivity index (χ1) is 7.90. The highest BCUT2D eigenvalue weighted by atomic mass is 19.4. The van der Waals surface area contributed by atoms with Crippen LogP contribution in [-0.4, -0.2) is 48.2 Å². The summed E-state index contributed by atoms with van der Waals surface area (Å²) >= 11 is 0. The largest absolute Gasteiger partial charge is 0.412 e. The molecule has 1 aliphatic heterocycles. The summed E-state index contributed by atoms with van der Waals surface area (Å²) in [5.41, 5.74) is -0.527. The Bertz CT molecular complexity index is 308. The predicted molar refractivity (Wildman–Crippen MR) is 58.6 cm³/mol. The molecule has 3 nitrogen and oxygen atoms in total. The first-order valence-electron chi connectivity index (χ1n) is 5.70. The van der Waals surface area contributed by atoms with Gasteiger partial charge in [-0.1, -0.05) is 6.08 Å². The molecule has 6 heteroatoms. The van der Waals surface area contributed by atoms with Gasteiger partial charge in [-0.3, -0.25) is 0 Å². The molecule has 0 atom stereocenters. The number of carbonyl (C=O) groups is 1. The molecule has 0 N–H and O–H groups in total. The van der Waals surface area contributed by atoms with Crippen molar-refractivity contribution in [2.45, 2.75) is 26.4 Å². The lowest BCUT2D eigenvalue weighted by molar-refractivity contribution is -0.0957. The summed E-state index contributed by atoms with van der Waals surface area (Å²) in [6, 6.07) is -0.188. The van der Waals surface area contributed by atoms with Crippen LogP contribution < -0.4 is 0 Å². The third kappa shape index (κ3) is 3.38. The Morgan fingerprint density at radius 3 is 2.35 bits per heavy atom. The van der Waals surface area contributed by atoms with Crippen LogP contribution in [0, 0.1) is 0 Å². The van der Waals surface area contributed by atoms with Gasteiger partial charge in [0.05, 0.1) is 0 Å². The molecule has 1 rings (SSSR count). The Morgan fingerprint density at radius 1 is 1.41 bits per heavy atom. The molecule has 0 aromatic carbocycles. The summed E-state index contributed by atoms with van der Waals surface area (Å²) < 4.78 is 37.1. The Balaban J connectivity index is 2.63. The Morgan fingerprint density at radius 2 is 2.00 bits per heavy atom. The molecule has 0 saturated carbocycles. The van der Waals surface area contributed by atoms with Crippen molar-refractivity contribution < 1.29 is 18.0 Å². The fourth-order valence-electron chi connectivity index (χ4n) is 1.79. The molecule has 0 aromatic heterocycles. The van der Waals surface area contributed by atoms with Crippen LogP contribution in [0.15, 0.2) is 11.6 Å². The summed E-state index contributed by atoms with van der Waals surface area (Å²) in [5.74, 6) is 0. The third-order valence-corrected chi connectivity index (χ3v) is 2.88. The summed E-state index contributed by atoms with van der Waals surface area (Å²) in [6.07, 6.45) is -3.27. The molecule has 0 fully saturated rings. The van der Waals surface area contributed by atoms with Crippen molar-refractivity contribution in [3.05, 3.63) is 11.6 Å². The van der Waals surface area contributed by atoms with Gasteiger partial charge < -0.3 is 9.80 Å². The topological polar surface area (TPSA) is 23.6 Å². The maximum absolute atomic E-state index is 12.4. The minimum atomic E-state index is -4.26. The predicted octanol–water partition coefficient (Wildman–Crippen LogP) is 2.64. The van der Waals surface area contributed by atoms with Crippen molar-refractivity contribution in [1.29, 1.82) is 0 Å². The highest BCUT2D eigenvalue weighted by Gasteiger charge is 2.35. The molecule has 1 heterocycles. The summed E-state index contributed by atoms with van der Waals surface area (Å²) in [4.78, 5) is 14.9. The van der Waals surface area contributed by atoms with E-state index in [9.17, 15) is 18.0 Å². The lowest BCUT2D eigenvalue weighted by atomic mass is 10.1. The van der Waals surface area contributed by atoms with E-state index < -0.39 is 11.7 Å². The maximum Gasteiger partial charge on any atom is 0.412 e. The molecule has 2 amide bonds. The number of urea groups is 1. The highest BCUT2D eigenvalue weighted by Crippen LogP contribution is 2.30. The second kappa shape index (κ2) is 5.42. The van der Waals surface area contributed by atoms with Gasteiger partial charge in [0.15, 0.2) is 0 Å². The van der Waals surface area contributed by atoms with Crippen LogP contribution in [0.1, 0.15) is 20.3 Å². The molecule has 0 aromatic rings. The van der Waals surface area contributed by atoms with E-state index in [4.69, 9.17) is 0 Å². The highest BCUT2D eigenvalue weighted by molar-refractivity contribution is 5.74. The van der Waals surface area contributed by atoms with Crippen LogP contribution in [0.3, 0.4) is 0 Å². The fourth-order valence-corrected chi connectivity index (χ4v) is 1.79. The standard InChI is InChI=1S/C11H17F3N2O/c1-3-15(4-2)10(17)16-7-5-9(6-8-16)11(12,13)14/h5H,3-4,6-8H2,1-2H3. The number of carbonyl (C=O) groups excluding carboxylic acids is 1. The van der Waals surface area contributed by atoms with E-state index >= 15 is 0 Å². The van der Waals surface area contributed by atoms with Crippen LogP contribution in [-0.2, 0) is 0 Å². The zero-order valence-electron chi connectivity index (χ0n) is 10.0. The van der Waals surface area contributed by atoms with Crippen LogP contribution in [0.5, 0.6) is 0 Å². The number of hydrogen-bond donors (Lipinski definition) is 0. The monoisotopic (exact) mass is 250 g/mol. The summed E-state index contributed by atoms with van der Waals surface area (Å²) in [6.45, 7) is 5.03. The average molecular weight is 250 g/mol. The van der Waals surface area contributed by atoms with Crippen LogP contribution in [0.2, 0.25) is 0 Å². The van der Waals surface area contributed by atoms with Gasteiger partial charge in [-0.25, -0.2) is 4.79 Å². The first-order valence-corrected chi connectivity index (χ1v) is 5.70. The van der Waals surface area contributed by atoms with Crippen LogP contribution >= 0.6 is 0 Å². The fraction of sp³-hybridized carbons (Fsp3) is 0.727. The van der Waals surface area contributed by atoms with E-state index in [2.05, 4.69) is 0 Å². The number of alkyl halides is 3. The Kier molecular flexibility index (Phi) is 4.42. The molecule has 0 spiro atoms. The van der Waals surface area contributed by atoms with E-state index in [0.29, 0.717) is 13.1 Å². The molecule has 17 heavy (non-hydrogen) atoms. The van der Waals surface area contributed by atoms with Crippen molar-refractivity contribution in [2.24, 2.45) is 0 Å². The molecular formula is C11H17F3N2O. The number of amides is 2. The van der Waals surface area contributed by atoms with Crippen molar-refractivity contribution >= 4 is 6.03 Å². The van der Waals surface area contributed by atoms with Crippen molar-refractivity contribution in [3.63, 3.8) is 0 Å². The average Bonchev–Trinajstić information content (AvgIpc) is 2.29. The second-order valence-corrected chi connectivity index (χ2v) is 3.88. The van der Waals surface area contributed by atoms with E-state index in [1.165, 1.54) is 4.90 Å². The van der Waals surface area contributed by atoms with E-state index in [1.807, 2.05) is 13.8 Å². The molecule has 0 saturated heterocycles. The van der Waals surface area contributed by atoms with Crippen molar-refractivity contribution in [3.8, 4) is 0 Å². The van der Waals surface area contributed by atoms with E-state index in [1.54, 1.807) is 4.90 Å². The molecule has 0 aliphatic carbocycles. The number of nitrogens with zero attached hydrogens (tertiary/aromatic N) is 2. The summed E-state index contributed by atoms with van der Waals surface area (Å²) in [5, 5.41) is 0. The Labute approximate surface area is 98.9 Å². The quantitative estimate of drug-likeness (QED) is 0.691. The zero-order chi connectivity index (χ0) is 13.1. The van der Waals surface area contributed by atoms with Gasteiger partial charge >= 0.3 is 12.2 Å². The third-order valence-electron chi connectivity index (χ3n) is 2.88. The molecule has 0 bridgehead atoms. The first kappa shape index (κ1) is 13.9. The summed E-state index contributed by atoms with van der Waals surface area (Å²) in [7, 11) is 0.